The number of hydrogen-bond acceptors (Lipinski definition) is 5. The first-order chi connectivity index (χ1) is 12.8. The van der Waals surface area contributed by atoms with E-state index < -0.39 is 40.0 Å². The molecule has 3 rings (SSSR count). The lowest BCUT2D eigenvalue weighted by Crippen LogP contribution is -2.41. The Hall–Kier alpha value is -1.68. The highest BCUT2D eigenvalue weighted by atomic mass is 35.5. The second kappa shape index (κ2) is 6.98. The minimum Gasteiger partial charge on any atom is -0.399 e. The molecule has 0 aliphatic carbocycles. The van der Waals surface area contributed by atoms with E-state index in [4.69, 9.17) is 20.9 Å². The molecule has 0 amide bonds. The Labute approximate surface area is 169 Å². The van der Waals surface area contributed by atoms with Crippen LogP contribution in [0.2, 0.25) is 5.02 Å². The van der Waals surface area contributed by atoms with Crippen LogP contribution in [0.4, 0.5) is 10.2 Å². The van der Waals surface area contributed by atoms with Crippen molar-refractivity contribution in [2.75, 3.05) is 4.72 Å². The number of aromatic nitrogens is 1. The SMILES string of the molecule is Cc1nc(NS(=O)(=O)c2ccccc2Cl)c(F)cc1B1OC(C)(C)C(C)(C)O1. The summed E-state index contributed by atoms with van der Waals surface area (Å²) in [6.45, 7) is 9.18. The van der Waals surface area contributed by atoms with Gasteiger partial charge in [0.15, 0.2) is 11.6 Å². The summed E-state index contributed by atoms with van der Waals surface area (Å²) in [6, 6.07) is 7.07. The van der Waals surface area contributed by atoms with Crippen LogP contribution in [0.1, 0.15) is 33.4 Å². The van der Waals surface area contributed by atoms with Crippen LogP contribution >= 0.6 is 11.6 Å². The topological polar surface area (TPSA) is 77.5 Å². The molecule has 0 bridgehead atoms. The van der Waals surface area contributed by atoms with Crippen molar-refractivity contribution in [3.63, 3.8) is 0 Å². The van der Waals surface area contributed by atoms with Gasteiger partial charge in [0.2, 0.25) is 0 Å². The fourth-order valence-electron chi connectivity index (χ4n) is 2.72. The second-order valence-electron chi connectivity index (χ2n) is 7.62. The minimum atomic E-state index is -4.10. The zero-order valence-electron chi connectivity index (χ0n) is 16.2. The predicted molar refractivity (Wildman–Crippen MR) is 107 cm³/mol. The van der Waals surface area contributed by atoms with Crippen molar-refractivity contribution in [2.45, 2.75) is 50.7 Å². The lowest BCUT2D eigenvalue weighted by Gasteiger charge is -2.32. The summed E-state index contributed by atoms with van der Waals surface area (Å²) in [5.74, 6) is -1.26. The highest BCUT2D eigenvalue weighted by Gasteiger charge is 2.52. The summed E-state index contributed by atoms with van der Waals surface area (Å²) in [5.41, 5.74) is -0.399. The Morgan fingerprint density at radius 2 is 1.71 bits per heavy atom. The van der Waals surface area contributed by atoms with Gasteiger partial charge in [0.05, 0.1) is 16.2 Å². The first kappa shape index (κ1) is 21.0. The quantitative estimate of drug-likeness (QED) is 0.759. The Morgan fingerprint density at radius 3 is 2.29 bits per heavy atom. The number of anilines is 1. The van der Waals surface area contributed by atoms with Crippen LogP contribution in [-0.4, -0.2) is 31.7 Å². The molecule has 2 heterocycles. The van der Waals surface area contributed by atoms with Gasteiger partial charge >= 0.3 is 7.12 Å². The van der Waals surface area contributed by atoms with E-state index in [-0.39, 0.29) is 9.92 Å². The summed E-state index contributed by atoms with van der Waals surface area (Å²) in [6.07, 6.45) is 0. The fraction of sp³-hybridized carbons (Fsp3) is 0.389. The van der Waals surface area contributed by atoms with Gasteiger partial charge < -0.3 is 9.31 Å². The van der Waals surface area contributed by atoms with Crippen molar-refractivity contribution in [3.05, 3.63) is 46.9 Å². The van der Waals surface area contributed by atoms with Crippen LogP contribution in [-0.2, 0) is 19.3 Å². The van der Waals surface area contributed by atoms with E-state index in [9.17, 15) is 12.8 Å². The van der Waals surface area contributed by atoms with Gasteiger partial charge in [-0.05, 0) is 52.8 Å². The molecule has 2 aromatic rings. The number of pyridine rings is 1. The second-order valence-corrected chi connectivity index (χ2v) is 9.68. The van der Waals surface area contributed by atoms with Crippen LogP contribution in [0.5, 0.6) is 0 Å². The van der Waals surface area contributed by atoms with Crippen molar-refractivity contribution >= 4 is 40.0 Å². The third kappa shape index (κ3) is 3.76. The van der Waals surface area contributed by atoms with Gasteiger partial charge in [-0.15, -0.1) is 0 Å². The Kier molecular flexibility index (Phi) is 5.25. The number of nitrogens with zero attached hydrogens (tertiary/aromatic N) is 1. The highest BCUT2D eigenvalue weighted by Crippen LogP contribution is 2.36. The summed E-state index contributed by atoms with van der Waals surface area (Å²) in [7, 11) is -4.90. The van der Waals surface area contributed by atoms with Gasteiger partial charge in [0, 0.05) is 11.2 Å². The van der Waals surface area contributed by atoms with Gasteiger partial charge in [-0.1, -0.05) is 23.7 Å². The molecule has 1 aromatic heterocycles. The Balaban J connectivity index is 1.93. The molecule has 28 heavy (non-hydrogen) atoms. The molecular formula is C18H21BClFN2O4S. The zero-order valence-corrected chi connectivity index (χ0v) is 17.8. The van der Waals surface area contributed by atoms with E-state index in [1.165, 1.54) is 24.3 Å². The zero-order chi connectivity index (χ0) is 20.9. The average molecular weight is 427 g/mol. The van der Waals surface area contributed by atoms with Gasteiger partial charge in [-0.25, -0.2) is 17.8 Å². The molecule has 1 saturated heterocycles. The lowest BCUT2D eigenvalue weighted by molar-refractivity contribution is 0.00578. The number of aryl methyl sites for hydroxylation is 1. The van der Waals surface area contributed by atoms with Crippen LogP contribution in [0.3, 0.4) is 0 Å². The molecule has 1 aliphatic heterocycles. The largest absolute Gasteiger partial charge is 0.496 e. The van der Waals surface area contributed by atoms with E-state index >= 15 is 0 Å². The maximum atomic E-state index is 14.7. The van der Waals surface area contributed by atoms with E-state index in [1.54, 1.807) is 13.0 Å². The Bertz CT molecular complexity index is 1010. The molecule has 6 nitrogen and oxygen atoms in total. The number of halogens is 2. The molecule has 10 heteroatoms. The molecule has 0 radical (unpaired) electrons. The molecule has 1 aliphatic rings. The van der Waals surface area contributed by atoms with Gasteiger partial charge in [-0.3, -0.25) is 4.72 Å². The smallest absolute Gasteiger partial charge is 0.399 e. The van der Waals surface area contributed by atoms with Crippen molar-refractivity contribution in [1.29, 1.82) is 0 Å². The first-order valence-corrected chi connectivity index (χ1v) is 10.5. The van der Waals surface area contributed by atoms with Crippen LogP contribution in [0.15, 0.2) is 35.2 Å². The van der Waals surface area contributed by atoms with Crippen molar-refractivity contribution in [3.8, 4) is 0 Å². The predicted octanol–water partition coefficient (Wildman–Crippen LogP) is 3.28. The van der Waals surface area contributed by atoms with E-state index in [0.29, 0.717) is 11.2 Å². The number of benzene rings is 1. The van der Waals surface area contributed by atoms with Crippen molar-refractivity contribution in [2.24, 2.45) is 0 Å². The van der Waals surface area contributed by atoms with Crippen LogP contribution in [0, 0.1) is 12.7 Å². The van der Waals surface area contributed by atoms with E-state index in [0.717, 1.165) is 0 Å². The highest BCUT2D eigenvalue weighted by molar-refractivity contribution is 7.92. The molecule has 1 aromatic carbocycles. The molecule has 1 fully saturated rings. The molecule has 1 N–H and O–H groups in total. The van der Waals surface area contributed by atoms with E-state index in [1.807, 2.05) is 27.7 Å². The summed E-state index contributed by atoms with van der Waals surface area (Å²) < 4.78 is 53.8. The summed E-state index contributed by atoms with van der Waals surface area (Å²) in [4.78, 5) is 3.92. The standard InChI is InChI=1S/C18H21BClFN2O4S/c1-11-12(19-26-17(2,3)18(4,5)27-19)10-14(21)16(22-11)23-28(24,25)15-9-7-6-8-13(15)20/h6-10H,1-5H3,(H,22,23). The first-order valence-electron chi connectivity index (χ1n) is 8.64. The third-order valence-electron chi connectivity index (χ3n) is 5.07. The molecule has 0 spiro atoms. The molecule has 150 valence electrons. The number of hydrogen-bond donors (Lipinski definition) is 1. The van der Waals surface area contributed by atoms with E-state index in [2.05, 4.69) is 9.71 Å². The molecule has 0 unspecified atom stereocenters. The summed E-state index contributed by atoms with van der Waals surface area (Å²) >= 11 is 5.94. The molecule has 0 atom stereocenters. The third-order valence-corrected chi connectivity index (χ3v) is 6.91. The molecular weight excluding hydrogens is 406 g/mol. The maximum Gasteiger partial charge on any atom is 0.496 e. The van der Waals surface area contributed by atoms with Crippen molar-refractivity contribution < 1.29 is 22.1 Å². The monoisotopic (exact) mass is 426 g/mol. The number of rotatable bonds is 4. The van der Waals surface area contributed by atoms with Gasteiger partial charge in [-0.2, -0.15) is 0 Å². The minimum absolute atomic E-state index is 0.0287. The maximum absolute atomic E-state index is 14.7. The normalized spacial score (nSPS) is 18.3. The summed E-state index contributed by atoms with van der Waals surface area (Å²) in [5, 5.41) is 0.0287. The number of nitrogens with one attached hydrogen (secondary N) is 1. The van der Waals surface area contributed by atoms with Crippen LogP contribution < -0.4 is 10.2 Å². The lowest BCUT2D eigenvalue weighted by atomic mass is 9.78. The van der Waals surface area contributed by atoms with Crippen molar-refractivity contribution in [1.82, 2.24) is 4.98 Å². The van der Waals surface area contributed by atoms with Gasteiger partial charge in [0.25, 0.3) is 10.0 Å². The average Bonchev–Trinajstić information content (AvgIpc) is 2.78. The molecule has 0 saturated carbocycles. The Morgan fingerprint density at radius 1 is 1.14 bits per heavy atom. The van der Waals surface area contributed by atoms with Crippen LogP contribution in [0.25, 0.3) is 0 Å². The van der Waals surface area contributed by atoms with Gasteiger partial charge in [0.1, 0.15) is 4.90 Å². The fourth-order valence-corrected chi connectivity index (χ4v) is 4.25. The number of sulfonamides is 1.